The highest BCUT2D eigenvalue weighted by atomic mass is 16.5. The minimum Gasteiger partial charge on any atom is -0.502 e. The molecule has 0 radical (unpaired) electrons. The Bertz CT molecular complexity index is 512. The van der Waals surface area contributed by atoms with Gasteiger partial charge >= 0.3 is 0 Å². The standard InChI is InChI=1S/C16H25N3O3/c1-11-4-6-19(7-5-11)16(17)18-10-12-8-13(21-2)15(20)14(9-12)22-3/h8-9,11,20H,4-7,10H2,1-3H3,(H2,17,18). The first-order chi connectivity index (χ1) is 10.5. The second-order valence-electron chi connectivity index (χ2n) is 5.69. The molecule has 0 atom stereocenters. The van der Waals surface area contributed by atoms with Crippen LogP contribution in [0, 0.1) is 5.92 Å². The SMILES string of the molecule is COc1cc(CN=C(N)N2CCC(C)CC2)cc(OC)c1O. The molecule has 6 nitrogen and oxygen atoms in total. The van der Waals surface area contributed by atoms with Crippen molar-refractivity contribution in [2.24, 2.45) is 16.6 Å². The van der Waals surface area contributed by atoms with Gasteiger partial charge in [-0.1, -0.05) is 6.92 Å². The number of likely N-dealkylation sites (tertiary alicyclic amines) is 1. The molecule has 122 valence electrons. The van der Waals surface area contributed by atoms with Gasteiger partial charge in [-0.15, -0.1) is 0 Å². The number of nitrogens with two attached hydrogens (primary N) is 1. The van der Waals surface area contributed by atoms with Gasteiger partial charge in [-0.3, -0.25) is 0 Å². The van der Waals surface area contributed by atoms with Gasteiger partial charge in [0.05, 0.1) is 20.8 Å². The number of phenolic OH excluding ortho intramolecular Hbond substituents is 1. The van der Waals surface area contributed by atoms with Gasteiger partial charge in [-0.2, -0.15) is 0 Å². The van der Waals surface area contributed by atoms with Gasteiger partial charge in [0.15, 0.2) is 17.5 Å². The summed E-state index contributed by atoms with van der Waals surface area (Å²) in [7, 11) is 3.01. The second kappa shape index (κ2) is 7.24. The number of aliphatic imine (C=N–C) groups is 1. The van der Waals surface area contributed by atoms with Crippen molar-refractivity contribution in [2.75, 3.05) is 27.3 Å². The predicted octanol–water partition coefficient (Wildman–Crippen LogP) is 1.96. The molecule has 3 N–H and O–H groups in total. The summed E-state index contributed by atoms with van der Waals surface area (Å²) in [6.45, 7) is 4.60. The first-order valence-corrected chi connectivity index (χ1v) is 7.54. The van der Waals surface area contributed by atoms with Crippen LogP contribution in [0.3, 0.4) is 0 Å². The van der Waals surface area contributed by atoms with Crippen molar-refractivity contribution < 1.29 is 14.6 Å². The molecule has 1 saturated heterocycles. The van der Waals surface area contributed by atoms with Crippen LogP contribution in [0.1, 0.15) is 25.3 Å². The molecule has 1 aromatic rings. The Balaban J connectivity index is 2.08. The Labute approximate surface area is 131 Å². The van der Waals surface area contributed by atoms with E-state index in [0.29, 0.717) is 24.0 Å². The summed E-state index contributed by atoms with van der Waals surface area (Å²) >= 11 is 0. The largest absolute Gasteiger partial charge is 0.502 e. The van der Waals surface area contributed by atoms with Crippen LogP contribution in [0.15, 0.2) is 17.1 Å². The molecule has 1 aliphatic heterocycles. The number of benzene rings is 1. The van der Waals surface area contributed by atoms with E-state index in [9.17, 15) is 5.11 Å². The Morgan fingerprint density at radius 3 is 2.32 bits per heavy atom. The molecule has 0 spiro atoms. The number of phenols is 1. The average molecular weight is 307 g/mol. The van der Waals surface area contributed by atoms with Gasteiger partial charge in [0, 0.05) is 13.1 Å². The van der Waals surface area contributed by atoms with Crippen LogP contribution in [0.2, 0.25) is 0 Å². The second-order valence-corrected chi connectivity index (χ2v) is 5.69. The third-order valence-corrected chi connectivity index (χ3v) is 4.07. The summed E-state index contributed by atoms with van der Waals surface area (Å²) in [6.07, 6.45) is 2.30. The van der Waals surface area contributed by atoms with E-state index in [1.807, 2.05) is 0 Å². The number of aromatic hydroxyl groups is 1. The smallest absolute Gasteiger partial charge is 0.200 e. The van der Waals surface area contributed by atoms with E-state index in [4.69, 9.17) is 15.2 Å². The normalized spacial score (nSPS) is 16.7. The molecule has 22 heavy (non-hydrogen) atoms. The highest BCUT2D eigenvalue weighted by Crippen LogP contribution is 2.37. The summed E-state index contributed by atoms with van der Waals surface area (Å²) in [5.74, 6) is 2.06. The van der Waals surface area contributed by atoms with Crippen molar-refractivity contribution in [3.05, 3.63) is 17.7 Å². The minimum absolute atomic E-state index is 0.00396. The molecule has 2 rings (SSSR count). The molecule has 0 aliphatic carbocycles. The van der Waals surface area contributed by atoms with Gasteiger partial charge in [0.1, 0.15) is 0 Å². The zero-order valence-corrected chi connectivity index (χ0v) is 13.5. The number of methoxy groups -OCH3 is 2. The van der Waals surface area contributed by atoms with Crippen molar-refractivity contribution in [1.82, 2.24) is 4.90 Å². The van der Waals surface area contributed by atoms with Gasteiger partial charge in [-0.25, -0.2) is 4.99 Å². The first-order valence-electron chi connectivity index (χ1n) is 7.54. The molecule has 0 saturated carbocycles. The molecular weight excluding hydrogens is 282 g/mol. The molecule has 1 aromatic carbocycles. The highest BCUT2D eigenvalue weighted by Gasteiger charge is 2.17. The number of nitrogens with zero attached hydrogens (tertiary/aromatic N) is 2. The molecule has 1 fully saturated rings. The molecule has 0 bridgehead atoms. The van der Waals surface area contributed by atoms with E-state index < -0.39 is 0 Å². The predicted molar refractivity (Wildman–Crippen MR) is 86.5 cm³/mol. The summed E-state index contributed by atoms with van der Waals surface area (Å²) in [6, 6.07) is 3.49. The van der Waals surface area contributed by atoms with E-state index in [1.54, 1.807) is 12.1 Å². The maximum Gasteiger partial charge on any atom is 0.200 e. The van der Waals surface area contributed by atoms with E-state index in [0.717, 1.165) is 37.4 Å². The molecule has 0 aromatic heterocycles. The van der Waals surface area contributed by atoms with Crippen LogP contribution in [-0.4, -0.2) is 43.3 Å². The highest BCUT2D eigenvalue weighted by molar-refractivity contribution is 5.78. The quantitative estimate of drug-likeness (QED) is 0.656. The topological polar surface area (TPSA) is 80.3 Å². The van der Waals surface area contributed by atoms with Crippen molar-refractivity contribution in [2.45, 2.75) is 26.3 Å². The average Bonchev–Trinajstić information content (AvgIpc) is 2.54. The van der Waals surface area contributed by atoms with Crippen LogP contribution in [0.4, 0.5) is 0 Å². The molecule has 1 aliphatic rings. The van der Waals surface area contributed by atoms with E-state index in [2.05, 4.69) is 16.8 Å². The number of hydrogen-bond donors (Lipinski definition) is 2. The lowest BCUT2D eigenvalue weighted by atomic mass is 10.00. The number of rotatable bonds is 4. The lowest BCUT2D eigenvalue weighted by molar-refractivity contribution is 0.277. The summed E-state index contributed by atoms with van der Waals surface area (Å²) in [5, 5.41) is 9.90. The van der Waals surface area contributed by atoms with Crippen molar-refractivity contribution in [3.8, 4) is 17.2 Å². The van der Waals surface area contributed by atoms with Gasteiger partial charge in [0.25, 0.3) is 0 Å². The van der Waals surface area contributed by atoms with Gasteiger partial charge in [-0.05, 0) is 36.5 Å². The van der Waals surface area contributed by atoms with Crippen molar-refractivity contribution in [1.29, 1.82) is 0 Å². The number of hydrogen-bond acceptors (Lipinski definition) is 4. The minimum atomic E-state index is -0.00396. The van der Waals surface area contributed by atoms with Crippen LogP contribution in [0.25, 0.3) is 0 Å². The maximum absolute atomic E-state index is 9.90. The Hall–Kier alpha value is -2.11. The molecular formula is C16H25N3O3. The Kier molecular flexibility index (Phi) is 5.35. The number of piperidine rings is 1. The van der Waals surface area contributed by atoms with Crippen LogP contribution in [0.5, 0.6) is 17.2 Å². The fourth-order valence-corrected chi connectivity index (χ4v) is 2.55. The third kappa shape index (κ3) is 3.75. The third-order valence-electron chi connectivity index (χ3n) is 4.07. The zero-order valence-electron chi connectivity index (χ0n) is 13.5. The van der Waals surface area contributed by atoms with Gasteiger partial charge in [0.2, 0.25) is 5.75 Å². The lowest BCUT2D eigenvalue weighted by Crippen LogP contribution is -2.42. The molecule has 1 heterocycles. The first kappa shape index (κ1) is 16.3. The summed E-state index contributed by atoms with van der Waals surface area (Å²) in [5.41, 5.74) is 6.95. The van der Waals surface area contributed by atoms with Gasteiger partial charge < -0.3 is 25.2 Å². The van der Waals surface area contributed by atoms with E-state index >= 15 is 0 Å². The van der Waals surface area contributed by atoms with E-state index in [-0.39, 0.29) is 5.75 Å². The maximum atomic E-state index is 9.90. The fourth-order valence-electron chi connectivity index (χ4n) is 2.55. The fraction of sp³-hybridized carbons (Fsp3) is 0.562. The summed E-state index contributed by atoms with van der Waals surface area (Å²) < 4.78 is 10.3. The number of ether oxygens (including phenoxy) is 2. The van der Waals surface area contributed by atoms with E-state index in [1.165, 1.54) is 14.2 Å². The molecule has 6 heteroatoms. The Morgan fingerprint density at radius 2 is 1.82 bits per heavy atom. The van der Waals surface area contributed by atoms with Crippen molar-refractivity contribution >= 4 is 5.96 Å². The Morgan fingerprint density at radius 1 is 1.27 bits per heavy atom. The van der Waals surface area contributed by atoms with Crippen LogP contribution in [-0.2, 0) is 6.54 Å². The van der Waals surface area contributed by atoms with Crippen LogP contribution < -0.4 is 15.2 Å². The summed E-state index contributed by atoms with van der Waals surface area (Å²) in [4.78, 5) is 6.57. The van der Waals surface area contributed by atoms with Crippen molar-refractivity contribution in [3.63, 3.8) is 0 Å². The molecule has 0 amide bonds. The molecule has 0 unspecified atom stereocenters. The zero-order chi connectivity index (χ0) is 16.1. The lowest BCUT2D eigenvalue weighted by Gasteiger charge is -2.31. The number of guanidine groups is 1. The van der Waals surface area contributed by atoms with Crippen LogP contribution >= 0.6 is 0 Å². The monoisotopic (exact) mass is 307 g/mol.